The molecule has 2 N–H and O–H groups in total. The van der Waals surface area contributed by atoms with E-state index in [0.29, 0.717) is 6.04 Å². The van der Waals surface area contributed by atoms with E-state index in [4.69, 9.17) is 0 Å². The molecule has 118 valence electrons. The van der Waals surface area contributed by atoms with Crippen LogP contribution in [0.15, 0.2) is 0 Å². The average Bonchev–Trinajstić information content (AvgIpc) is 2.78. The van der Waals surface area contributed by atoms with Gasteiger partial charge in [0.25, 0.3) is 0 Å². The average molecular weight is 282 g/mol. The summed E-state index contributed by atoms with van der Waals surface area (Å²) in [5.74, 6) is 0. The van der Waals surface area contributed by atoms with Gasteiger partial charge in [0.2, 0.25) is 0 Å². The second-order valence-electron chi connectivity index (χ2n) is 6.99. The molecule has 0 radical (unpaired) electrons. The summed E-state index contributed by atoms with van der Waals surface area (Å²) in [6, 6.07) is 0.615. The molecule has 20 heavy (non-hydrogen) atoms. The zero-order valence-corrected chi connectivity index (χ0v) is 13.4. The van der Waals surface area contributed by atoms with Crippen LogP contribution in [0.3, 0.4) is 0 Å². The molecule has 1 atom stereocenters. The van der Waals surface area contributed by atoms with E-state index < -0.39 is 5.60 Å². The van der Waals surface area contributed by atoms with Gasteiger partial charge in [-0.3, -0.25) is 0 Å². The Bertz CT molecular complexity index is 262. The Morgan fingerprint density at radius 3 is 2.50 bits per heavy atom. The fraction of sp³-hybridized carbons (Fsp3) is 1.00. The van der Waals surface area contributed by atoms with Crippen molar-refractivity contribution in [1.29, 1.82) is 0 Å². The summed E-state index contributed by atoms with van der Waals surface area (Å²) in [7, 11) is 0. The Morgan fingerprint density at radius 1 is 1.05 bits per heavy atom. The van der Waals surface area contributed by atoms with Crippen LogP contribution >= 0.6 is 0 Å². The van der Waals surface area contributed by atoms with Crippen molar-refractivity contribution < 1.29 is 5.11 Å². The largest absolute Gasteiger partial charge is 0.389 e. The molecule has 0 aromatic carbocycles. The fourth-order valence-corrected chi connectivity index (χ4v) is 3.80. The number of rotatable bonds is 5. The second-order valence-corrected chi connectivity index (χ2v) is 6.99. The zero-order valence-electron chi connectivity index (χ0n) is 13.4. The highest BCUT2D eigenvalue weighted by Crippen LogP contribution is 2.26. The van der Waals surface area contributed by atoms with Crippen molar-refractivity contribution in [3.05, 3.63) is 0 Å². The summed E-state index contributed by atoms with van der Waals surface area (Å²) in [5, 5.41) is 14.4. The van der Waals surface area contributed by atoms with Gasteiger partial charge < -0.3 is 15.3 Å². The predicted molar refractivity (Wildman–Crippen MR) is 85.0 cm³/mol. The van der Waals surface area contributed by atoms with Crippen molar-refractivity contribution in [1.82, 2.24) is 10.2 Å². The molecule has 0 amide bonds. The Balaban J connectivity index is 1.72. The van der Waals surface area contributed by atoms with E-state index in [1.54, 1.807) is 0 Å². The molecule has 1 saturated heterocycles. The van der Waals surface area contributed by atoms with E-state index in [1.807, 2.05) is 0 Å². The van der Waals surface area contributed by atoms with Gasteiger partial charge in [0, 0.05) is 12.6 Å². The Labute approximate surface area is 125 Å². The van der Waals surface area contributed by atoms with E-state index in [0.717, 1.165) is 19.4 Å². The standard InChI is InChI=1S/C17H34N2O/c1-2-12-19-13-7-8-16(9-14-19)18-15-17(20)10-5-3-4-6-11-17/h16,18,20H,2-15H2,1H3. The maximum absolute atomic E-state index is 10.7. The molecule has 0 aromatic rings. The van der Waals surface area contributed by atoms with Gasteiger partial charge in [-0.1, -0.05) is 32.6 Å². The number of nitrogens with one attached hydrogen (secondary N) is 1. The van der Waals surface area contributed by atoms with E-state index in [-0.39, 0.29) is 0 Å². The predicted octanol–water partition coefficient (Wildman–Crippen LogP) is 2.93. The fourth-order valence-electron chi connectivity index (χ4n) is 3.80. The normalized spacial score (nSPS) is 28.8. The summed E-state index contributed by atoms with van der Waals surface area (Å²) in [6.07, 6.45) is 12.1. The number of hydrogen-bond acceptors (Lipinski definition) is 3. The number of nitrogens with zero attached hydrogens (tertiary/aromatic N) is 1. The van der Waals surface area contributed by atoms with Gasteiger partial charge in [-0.15, -0.1) is 0 Å². The highest BCUT2D eigenvalue weighted by molar-refractivity contribution is 4.85. The second kappa shape index (κ2) is 8.35. The van der Waals surface area contributed by atoms with E-state index in [9.17, 15) is 5.11 Å². The molecular weight excluding hydrogens is 248 g/mol. The Morgan fingerprint density at radius 2 is 1.80 bits per heavy atom. The van der Waals surface area contributed by atoms with Crippen LogP contribution in [0.25, 0.3) is 0 Å². The molecule has 1 heterocycles. The maximum atomic E-state index is 10.7. The van der Waals surface area contributed by atoms with Crippen LogP contribution < -0.4 is 5.32 Å². The van der Waals surface area contributed by atoms with Crippen molar-refractivity contribution in [2.45, 2.75) is 82.8 Å². The number of likely N-dealkylation sites (tertiary alicyclic amines) is 1. The molecule has 2 rings (SSSR count). The lowest BCUT2D eigenvalue weighted by Crippen LogP contribution is -2.44. The summed E-state index contributed by atoms with van der Waals surface area (Å²) in [4.78, 5) is 2.60. The SMILES string of the molecule is CCCN1CCCC(NCC2(O)CCCCCC2)CC1. The first kappa shape index (κ1) is 16.3. The van der Waals surface area contributed by atoms with Gasteiger partial charge in [-0.2, -0.15) is 0 Å². The first-order valence-electron chi connectivity index (χ1n) is 8.90. The van der Waals surface area contributed by atoms with Crippen molar-refractivity contribution in [2.75, 3.05) is 26.2 Å². The molecule has 2 fully saturated rings. The summed E-state index contributed by atoms with van der Waals surface area (Å²) < 4.78 is 0. The monoisotopic (exact) mass is 282 g/mol. The van der Waals surface area contributed by atoms with Gasteiger partial charge in [0.05, 0.1) is 5.60 Å². The number of hydrogen-bond donors (Lipinski definition) is 2. The lowest BCUT2D eigenvalue weighted by molar-refractivity contribution is 0.0223. The molecule has 0 aromatic heterocycles. The van der Waals surface area contributed by atoms with Crippen molar-refractivity contribution in [3.63, 3.8) is 0 Å². The van der Waals surface area contributed by atoms with Crippen LogP contribution in [0.2, 0.25) is 0 Å². The van der Waals surface area contributed by atoms with Gasteiger partial charge in [0.15, 0.2) is 0 Å². The van der Waals surface area contributed by atoms with E-state index >= 15 is 0 Å². The third-order valence-corrected chi connectivity index (χ3v) is 5.11. The minimum atomic E-state index is -0.425. The molecule has 1 aliphatic heterocycles. The molecular formula is C17H34N2O. The Kier molecular flexibility index (Phi) is 6.79. The van der Waals surface area contributed by atoms with Crippen LogP contribution in [0.5, 0.6) is 0 Å². The third kappa shape index (κ3) is 5.34. The topological polar surface area (TPSA) is 35.5 Å². The molecule has 1 unspecified atom stereocenters. The van der Waals surface area contributed by atoms with Gasteiger partial charge in [0.1, 0.15) is 0 Å². The van der Waals surface area contributed by atoms with Crippen molar-refractivity contribution in [2.24, 2.45) is 0 Å². The molecule has 3 heteroatoms. The minimum absolute atomic E-state index is 0.425. The van der Waals surface area contributed by atoms with E-state index in [2.05, 4.69) is 17.1 Å². The molecule has 0 bridgehead atoms. The quantitative estimate of drug-likeness (QED) is 0.761. The first-order valence-corrected chi connectivity index (χ1v) is 8.90. The lowest BCUT2D eigenvalue weighted by atomic mass is 9.94. The Hall–Kier alpha value is -0.120. The van der Waals surface area contributed by atoms with E-state index in [1.165, 1.54) is 71.0 Å². The minimum Gasteiger partial charge on any atom is -0.389 e. The smallest absolute Gasteiger partial charge is 0.0771 e. The highest BCUT2D eigenvalue weighted by Gasteiger charge is 2.28. The summed E-state index contributed by atoms with van der Waals surface area (Å²) in [5.41, 5.74) is -0.425. The molecule has 1 saturated carbocycles. The van der Waals surface area contributed by atoms with Crippen LogP contribution in [0, 0.1) is 0 Å². The molecule has 0 spiro atoms. The molecule has 1 aliphatic carbocycles. The van der Waals surface area contributed by atoms with Gasteiger partial charge in [-0.05, 0) is 58.2 Å². The van der Waals surface area contributed by atoms with Gasteiger partial charge >= 0.3 is 0 Å². The highest BCUT2D eigenvalue weighted by atomic mass is 16.3. The first-order chi connectivity index (χ1) is 9.72. The van der Waals surface area contributed by atoms with Crippen molar-refractivity contribution in [3.8, 4) is 0 Å². The third-order valence-electron chi connectivity index (χ3n) is 5.11. The molecule has 3 nitrogen and oxygen atoms in total. The lowest BCUT2D eigenvalue weighted by Gasteiger charge is -2.29. The summed E-state index contributed by atoms with van der Waals surface area (Å²) in [6.45, 7) is 6.81. The number of aliphatic hydroxyl groups is 1. The van der Waals surface area contributed by atoms with Gasteiger partial charge in [-0.25, -0.2) is 0 Å². The van der Waals surface area contributed by atoms with Crippen LogP contribution in [-0.2, 0) is 0 Å². The zero-order chi connectivity index (χ0) is 14.3. The van der Waals surface area contributed by atoms with Crippen LogP contribution in [0.4, 0.5) is 0 Å². The summed E-state index contributed by atoms with van der Waals surface area (Å²) >= 11 is 0. The van der Waals surface area contributed by atoms with Crippen LogP contribution in [0.1, 0.15) is 71.1 Å². The maximum Gasteiger partial charge on any atom is 0.0771 e. The molecule has 2 aliphatic rings. The van der Waals surface area contributed by atoms with Crippen molar-refractivity contribution >= 4 is 0 Å². The van der Waals surface area contributed by atoms with Crippen LogP contribution in [-0.4, -0.2) is 47.8 Å².